The van der Waals surface area contributed by atoms with Gasteiger partial charge in [0.2, 0.25) is 0 Å². The van der Waals surface area contributed by atoms with Crippen LogP contribution >= 0.6 is 28.1 Å². The van der Waals surface area contributed by atoms with Crippen LogP contribution in [0, 0.1) is 6.92 Å². The summed E-state index contributed by atoms with van der Waals surface area (Å²) in [6, 6.07) is 19.5. The van der Waals surface area contributed by atoms with E-state index in [0.29, 0.717) is 32.9 Å². The number of amides is 3. The van der Waals surface area contributed by atoms with Crippen LogP contribution in [0.1, 0.15) is 11.1 Å². The van der Waals surface area contributed by atoms with E-state index in [0.717, 1.165) is 5.56 Å². The molecule has 1 aliphatic rings. The second-order valence-corrected chi connectivity index (χ2v) is 9.22. The van der Waals surface area contributed by atoms with E-state index in [2.05, 4.69) is 26.6 Å². The lowest BCUT2D eigenvalue weighted by Gasteiger charge is -2.28. The summed E-state index contributed by atoms with van der Waals surface area (Å²) < 4.78 is 11.7. The van der Waals surface area contributed by atoms with Crippen LogP contribution in [0.2, 0.25) is 0 Å². The Labute approximate surface area is 227 Å². The van der Waals surface area contributed by atoms with Crippen molar-refractivity contribution in [3.05, 3.63) is 87.9 Å². The maximum atomic E-state index is 13.2. The molecule has 0 unspecified atom stereocenters. The fourth-order valence-corrected chi connectivity index (χ4v) is 4.49. The van der Waals surface area contributed by atoms with Gasteiger partial charge in [-0.15, -0.1) is 0 Å². The van der Waals surface area contributed by atoms with Crippen molar-refractivity contribution in [2.75, 3.05) is 23.9 Å². The summed E-state index contributed by atoms with van der Waals surface area (Å²) in [5.41, 5.74) is 2.57. The van der Waals surface area contributed by atoms with Crippen LogP contribution in [0.4, 0.5) is 11.4 Å². The van der Waals surface area contributed by atoms with Crippen molar-refractivity contribution in [2.45, 2.75) is 6.92 Å². The predicted molar refractivity (Wildman–Crippen MR) is 149 cm³/mol. The van der Waals surface area contributed by atoms with Gasteiger partial charge >= 0.3 is 0 Å². The molecule has 188 valence electrons. The van der Waals surface area contributed by atoms with Crippen molar-refractivity contribution in [1.29, 1.82) is 0 Å². The first-order chi connectivity index (χ1) is 17.8. The molecule has 1 fully saturated rings. The number of para-hydroxylation sites is 2. The summed E-state index contributed by atoms with van der Waals surface area (Å²) >= 11 is 8.66. The quantitative estimate of drug-likeness (QED) is 0.241. The van der Waals surface area contributed by atoms with Crippen molar-refractivity contribution >= 4 is 68.4 Å². The van der Waals surface area contributed by atoms with Crippen molar-refractivity contribution in [2.24, 2.45) is 0 Å². The minimum Gasteiger partial charge on any atom is -0.493 e. The van der Waals surface area contributed by atoms with Gasteiger partial charge < -0.3 is 14.8 Å². The zero-order chi connectivity index (χ0) is 26.5. The van der Waals surface area contributed by atoms with Crippen LogP contribution < -0.4 is 25.0 Å². The topological polar surface area (TPSA) is 97.0 Å². The van der Waals surface area contributed by atoms with E-state index in [1.54, 1.807) is 42.5 Å². The molecule has 37 heavy (non-hydrogen) atoms. The van der Waals surface area contributed by atoms with E-state index >= 15 is 0 Å². The zero-order valence-electron chi connectivity index (χ0n) is 19.9. The Balaban J connectivity index is 1.56. The molecule has 3 aromatic rings. The Morgan fingerprint density at radius 1 is 1.11 bits per heavy atom. The lowest BCUT2D eigenvalue weighted by molar-refractivity contribution is -0.122. The minimum absolute atomic E-state index is 0.00447. The van der Waals surface area contributed by atoms with Gasteiger partial charge in [0.25, 0.3) is 17.7 Å². The number of methoxy groups -OCH3 is 1. The summed E-state index contributed by atoms with van der Waals surface area (Å²) in [7, 11) is 1.45. The third kappa shape index (κ3) is 5.87. The van der Waals surface area contributed by atoms with E-state index in [9.17, 15) is 14.4 Å². The van der Waals surface area contributed by atoms with Gasteiger partial charge in [-0.05, 0) is 82.6 Å². The van der Waals surface area contributed by atoms with E-state index in [1.807, 2.05) is 31.2 Å². The van der Waals surface area contributed by atoms with Gasteiger partial charge in [-0.2, -0.15) is 0 Å². The van der Waals surface area contributed by atoms with E-state index in [4.69, 9.17) is 21.7 Å². The van der Waals surface area contributed by atoms with Crippen molar-refractivity contribution < 1.29 is 23.9 Å². The smallest absolute Gasteiger partial charge is 0.270 e. The maximum absolute atomic E-state index is 13.2. The third-order valence-electron chi connectivity index (χ3n) is 5.45. The molecule has 0 atom stereocenters. The van der Waals surface area contributed by atoms with E-state index in [1.165, 1.54) is 18.1 Å². The van der Waals surface area contributed by atoms with Crippen LogP contribution in [0.25, 0.3) is 6.08 Å². The zero-order valence-corrected chi connectivity index (χ0v) is 22.3. The number of benzene rings is 3. The second-order valence-electron chi connectivity index (χ2n) is 7.98. The molecule has 10 heteroatoms. The number of rotatable bonds is 7. The highest BCUT2D eigenvalue weighted by atomic mass is 79.9. The highest BCUT2D eigenvalue weighted by molar-refractivity contribution is 9.10. The number of hydrogen-bond acceptors (Lipinski definition) is 6. The monoisotopic (exact) mass is 579 g/mol. The number of carbonyl (C=O) groups excluding carboxylic acids is 3. The minimum atomic E-state index is -0.606. The molecule has 0 spiro atoms. The molecule has 1 heterocycles. The third-order valence-corrected chi connectivity index (χ3v) is 6.32. The average Bonchev–Trinajstić information content (AvgIpc) is 2.87. The Bertz CT molecular complexity index is 1420. The molecule has 0 bridgehead atoms. The van der Waals surface area contributed by atoms with Crippen LogP contribution in [0.5, 0.6) is 11.5 Å². The maximum Gasteiger partial charge on any atom is 0.270 e. The fraction of sp³-hybridized carbons (Fsp3) is 0.111. The standard InChI is InChI=1S/C27H22BrN3O5S/c1-16-8-6-7-11-21(16)29-23(32)15-36-24-20(28)13-17(14-22(24)35-2)12-19-25(33)30-27(37)31(26(19)34)18-9-4-3-5-10-18/h3-14H,15H2,1-2H3,(H,29,32)(H,30,33,37)/b19-12-. The van der Waals surface area contributed by atoms with Gasteiger partial charge in [-0.25, -0.2) is 0 Å². The highest BCUT2D eigenvalue weighted by Crippen LogP contribution is 2.37. The Hall–Kier alpha value is -4.02. The largest absolute Gasteiger partial charge is 0.493 e. The Morgan fingerprint density at radius 3 is 2.51 bits per heavy atom. The normalized spacial score (nSPS) is 14.4. The van der Waals surface area contributed by atoms with Gasteiger partial charge in [0.15, 0.2) is 23.2 Å². The van der Waals surface area contributed by atoms with Crippen LogP contribution in [-0.2, 0) is 14.4 Å². The fourth-order valence-electron chi connectivity index (χ4n) is 3.64. The lowest BCUT2D eigenvalue weighted by atomic mass is 10.1. The Kier molecular flexibility index (Phi) is 8.00. The Morgan fingerprint density at radius 2 is 1.81 bits per heavy atom. The first-order valence-corrected chi connectivity index (χ1v) is 12.3. The molecule has 0 aromatic heterocycles. The number of hydrogen-bond donors (Lipinski definition) is 2. The first kappa shape index (κ1) is 26.1. The molecule has 2 N–H and O–H groups in total. The van der Waals surface area contributed by atoms with Crippen molar-refractivity contribution in [1.82, 2.24) is 5.32 Å². The summed E-state index contributed by atoms with van der Waals surface area (Å²) in [4.78, 5) is 39.5. The summed E-state index contributed by atoms with van der Waals surface area (Å²) in [6.45, 7) is 1.64. The molecule has 1 aliphatic heterocycles. The average molecular weight is 580 g/mol. The van der Waals surface area contributed by atoms with Gasteiger partial charge in [-0.3, -0.25) is 24.6 Å². The molecular weight excluding hydrogens is 558 g/mol. The van der Waals surface area contributed by atoms with Gasteiger partial charge in [0.05, 0.1) is 17.3 Å². The number of nitrogens with zero attached hydrogens (tertiary/aromatic N) is 1. The SMILES string of the molecule is COc1cc(/C=C2/C(=O)NC(=S)N(c3ccccc3)C2=O)cc(Br)c1OCC(=O)Nc1ccccc1C. The molecule has 1 saturated heterocycles. The second kappa shape index (κ2) is 11.4. The van der Waals surface area contributed by atoms with Gasteiger partial charge in [0, 0.05) is 5.69 Å². The molecule has 4 rings (SSSR count). The van der Waals surface area contributed by atoms with Crippen molar-refractivity contribution in [3.63, 3.8) is 0 Å². The summed E-state index contributed by atoms with van der Waals surface area (Å²) in [5.74, 6) is -0.885. The number of anilines is 2. The number of halogens is 1. The van der Waals surface area contributed by atoms with E-state index < -0.39 is 11.8 Å². The molecular formula is C27H22BrN3O5S. The molecule has 8 nitrogen and oxygen atoms in total. The van der Waals surface area contributed by atoms with Crippen LogP contribution in [0.15, 0.2) is 76.8 Å². The van der Waals surface area contributed by atoms with Crippen molar-refractivity contribution in [3.8, 4) is 11.5 Å². The molecule has 0 saturated carbocycles. The molecule has 0 radical (unpaired) electrons. The number of carbonyl (C=O) groups is 3. The van der Waals surface area contributed by atoms with Crippen LogP contribution in [-0.4, -0.2) is 36.6 Å². The summed E-state index contributed by atoms with van der Waals surface area (Å²) in [5, 5.41) is 5.37. The van der Waals surface area contributed by atoms with E-state index in [-0.39, 0.29) is 23.2 Å². The predicted octanol–water partition coefficient (Wildman–Crippen LogP) is 4.61. The first-order valence-electron chi connectivity index (χ1n) is 11.1. The number of thiocarbonyl (C=S) groups is 1. The lowest BCUT2D eigenvalue weighted by Crippen LogP contribution is -2.54. The summed E-state index contributed by atoms with van der Waals surface area (Å²) in [6.07, 6.45) is 1.44. The number of ether oxygens (including phenoxy) is 2. The molecule has 3 amide bonds. The van der Waals surface area contributed by atoms with Gasteiger partial charge in [0.1, 0.15) is 5.57 Å². The van der Waals surface area contributed by atoms with Crippen LogP contribution in [0.3, 0.4) is 0 Å². The number of aryl methyl sites for hydroxylation is 1. The molecule has 0 aliphatic carbocycles. The molecule has 3 aromatic carbocycles. The highest BCUT2D eigenvalue weighted by Gasteiger charge is 2.34. The van der Waals surface area contributed by atoms with Gasteiger partial charge in [-0.1, -0.05) is 36.4 Å². The number of nitrogens with one attached hydrogen (secondary N) is 2.